The zero-order valence-electron chi connectivity index (χ0n) is 12.0. The Kier molecular flexibility index (Phi) is 4.30. The number of hydrogen-bond acceptors (Lipinski definition) is 2. The Labute approximate surface area is 120 Å². The predicted octanol–water partition coefficient (Wildman–Crippen LogP) is 1.73. The zero-order chi connectivity index (χ0) is 16.6. The molecule has 0 aromatic rings. The van der Waals surface area contributed by atoms with Gasteiger partial charge >= 0.3 is 18.2 Å². The van der Waals surface area contributed by atoms with Gasteiger partial charge in [-0.05, 0) is 26.7 Å². The van der Waals surface area contributed by atoms with Gasteiger partial charge < -0.3 is 10.4 Å². The van der Waals surface area contributed by atoms with Crippen molar-refractivity contribution in [3.05, 3.63) is 0 Å². The van der Waals surface area contributed by atoms with Crippen LogP contribution in [0.5, 0.6) is 0 Å². The summed E-state index contributed by atoms with van der Waals surface area (Å²) >= 11 is 0. The van der Waals surface area contributed by atoms with Crippen LogP contribution in [0.3, 0.4) is 0 Å². The van der Waals surface area contributed by atoms with E-state index in [2.05, 4.69) is 5.92 Å². The fourth-order valence-corrected chi connectivity index (χ4v) is 2.81. The third-order valence-corrected chi connectivity index (χ3v) is 3.87. The van der Waals surface area contributed by atoms with Crippen LogP contribution in [0.2, 0.25) is 0 Å². The van der Waals surface area contributed by atoms with E-state index in [1.807, 2.05) is 5.32 Å². The van der Waals surface area contributed by atoms with Gasteiger partial charge in [-0.2, -0.15) is 18.0 Å². The molecule has 0 aromatic carbocycles. The first-order valence-corrected chi connectivity index (χ1v) is 6.31. The molecule has 0 spiro atoms. The second-order valence-corrected chi connectivity index (χ2v) is 6.09. The van der Waals surface area contributed by atoms with Gasteiger partial charge in [-0.1, -0.05) is 0 Å². The second-order valence-electron chi connectivity index (χ2n) is 6.09. The van der Waals surface area contributed by atoms with Crippen molar-refractivity contribution in [3.63, 3.8) is 0 Å². The monoisotopic (exact) mass is 307 g/mol. The van der Waals surface area contributed by atoms with Gasteiger partial charge in [0.15, 0.2) is 6.04 Å². The maximum atomic E-state index is 12.3. The lowest BCUT2D eigenvalue weighted by molar-refractivity contribution is -0.907. The lowest BCUT2D eigenvalue weighted by Crippen LogP contribution is -2.66. The van der Waals surface area contributed by atoms with Crippen molar-refractivity contribution < 1.29 is 32.3 Å². The summed E-state index contributed by atoms with van der Waals surface area (Å²) in [5.74, 6) is 0.263. The standard InChI is InChI=1S/C13H17F3N2O3/c1-5-9-6-8(17-10(19)13(14,15)16)7-18(9,11(20)21)12(2,3)4/h1,8-9H,6-7H2,2-4H3,(H-,17,19,20,21)/p+1/t8-,9-,18?/m0/s1. The van der Waals surface area contributed by atoms with Crippen molar-refractivity contribution in [2.45, 2.75) is 51.0 Å². The highest BCUT2D eigenvalue weighted by Gasteiger charge is 2.59. The number of quaternary nitrogens is 1. The number of carboxylic acid groups (broad SMARTS) is 1. The number of halogens is 3. The number of alkyl halides is 3. The van der Waals surface area contributed by atoms with Gasteiger partial charge in [-0.15, -0.1) is 6.42 Å². The molecule has 1 rings (SSSR count). The fraction of sp³-hybridized carbons (Fsp3) is 0.692. The number of likely N-dealkylation sites (tertiary alicyclic amines) is 1. The molecule has 1 aliphatic heterocycles. The Balaban J connectivity index is 3.08. The lowest BCUT2D eigenvalue weighted by Gasteiger charge is -2.43. The van der Waals surface area contributed by atoms with Gasteiger partial charge in [0.2, 0.25) is 0 Å². The molecule has 0 radical (unpaired) electrons. The topological polar surface area (TPSA) is 66.4 Å². The quantitative estimate of drug-likeness (QED) is 0.573. The number of rotatable bonds is 1. The van der Waals surface area contributed by atoms with Crippen LogP contribution in [0.15, 0.2) is 0 Å². The second kappa shape index (κ2) is 5.22. The van der Waals surface area contributed by atoms with Crippen LogP contribution < -0.4 is 5.32 Å². The number of carbonyl (C=O) groups excluding carboxylic acids is 1. The van der Waals surface area contributed by atoms with Crippen LogP contribution in [0.1, 0.15) is 27.2 Å². The number of carbonyl (C=O) groups is 2. The maximum absolute atomic E-state index is 12.3. The summed E-state index contributed by atoms with van der Waals surface area (Å²) in [7, 11) is 0. The molecule has 3 atom stereocenters. The third-order valence-electron chi connectivity index (χ3n) is 3.87. The van der Waals surface area contributed by atoms with E-state index in [-0.39, 0.29) is 13.0 Å². The molecule has 0 aromatic heterocycles. The van der Waals surface area contributed by atoms with Gasteiger partial charge in [0.25, 0.3) is 0 Å². The van der Waals surface area contributed by atoms with Crippen LogP contribution in [-0.4, -0.2) is 51.9 Å². The number of amides is 2. The molecule has 1 unspecified atom stereocenters. The highest BCUT2D eigenvalue weighted by atomic mass is 19.4. The van der Waals surface area contributed by atoms with Gasteiger partial charge in [0, 0.05) is 6.42 Å². The molecule has 1 fully saturated rings. The Hall–Kier alpha value is -1.75. The largest absolute Gasteiger partial charge is 0.515 e. The van der Waals surface area contributed by atoms with Crippen molar-refractivity contribution in [2.24, 2.45) is 0 Å². The van der Waals surface area contributed by atoms with E-state index in [9.17, 15) is 27.9 Å². The van der Waals surface area contributed by atoms with Crippen LogP contribution in [0.4, 0.5) is 18.0 Å². The summed E-state index contributed by atoms with van der Waals surface area (Å²) in [6, 6.07) is -1.74. The first-order chi connectivity index (χ1) is 9.36. The van der Waals surface area contributed by atoms with Crippen molar-refractivity contribution in [3.8, 4) is 12.3 Å². The Bertz CT molecular complexity index is 490. The minimum absolute atomic E-state index is 0.0120. The first kappa shape index (κ1) is 17.3. The molecule has 2 amide bonds. The minimum atomic E-state index is -5.01. The Morgan fingerprint density at radius 3 is 2.14 bits per heavy atom. The minimum Gasteiger partial charge on any atom is -0.435 e. The van der Waals surface area contributed by atoms with E-state index in [0.717, 1.165) is 0 Å². The Morgan fingerprint density at radius 1 is 1.33 bits per heavy atom. The third kappa shape index (κ3) is 2.97. The zero-order valence-corrected chi connectivity index (χ0v) is 12.0. The van der Waals surface area contributed by atoms with Gasteiger partial charge in [0.1, 0.15) is 12.1 Å². The molecule has 0 saturated carbocycles. The molecular weight excluding hydrogens is 289 g/mol. The van der Waals surface area contributed by atoms with Crippen molar-refractivity contribution >= 4 is 12.0 Å². The van der Waals surface area contributed by atoms with E-state index >= 15 is 0 Å². The molecule has 1 saturated heterocycles. The molecule has 21 heavy (non-hydrogen) atoms. The SMILES string of the molecule is C#C[C@H]1C[C@H](NC(=O)C(F)(F)F)C[N+]1(C(=O)O)C(C)(C)C. The molecule has 0 bridgehead atoms. The summed E-state index contributed by atoms with van der Waals surface area (Å²) in [6.07, 6.45) is -0.872. The summed E-state index contributed by atoms with van der Waals surface area (Å²) in [6.45, 7) is 4.77. The molecule has 1 aliphatic rings. The van der Waals surface area contributed by atoms with Crippen LogP contribution in [-0.2, 0) is 4.79 Å². The Morgan fingerprint density at radius 2 is 1.86 bits per heavy atom. The highest BCUT2D eigenvalue weighted by Crippen LogP contribution is 2.37. The molecule has 118 valence electrons. The van der Waals surface area contributed by atoms with E-state index in [0.29, 0.717) is 0 Å². The summed E-state index contributed by atoms with van der Waals surface area (Å²) in [4.78, 5) is 22.7. The molecular formula is C13H18F3N2O3+. The normalized spacial score (nSPS) is 29.8. The molecule has 8 heteroatoms. The highest BCUT2D eigenvalue weighted by molar-refractivity contribution is 5.82. The molecule has 5 nitrogen and oxygen atoms in total. The summed E-state index contributed by atoms with van der Waals surface area (Å²) < 4.78 is 36.3. The van der Waals surface area contributed by atoms with Crippen molar-refractivity contribution in [1.29, 1.82) is 0 Å². The van der Waals surface area contributed by atoms with E-state index in [1.165, 1.54) is 0 Å². The fourth-order valence-electron chi connectivity index (χ4n) is 2.81. The van der Waals surface area contributed by atoms with Gasteiger partial charge in [0.05, 0.1) is 6.04 Å². The molecule has 1 heterocycles. The molecule has 2 N–H and O–H groups in total. The van der Waals surface area contributed by atoms with E-state index < -0.39 is 40.3 Å². The van der Waals surface area contributed by atoms with Crippen molar-refractivity contribution in [2.75, 3.05) is 6.54 Å². The number of nitrogens with zero attached hydrogens (tertiary/aromatic N) is 1. The van der Waals surface area contributed by atoms with E-state index in [1.54, 1.807) is 20.8 Å². The smallest absolute Gasteiger partial charge is 0.435 e. The number of nitrogens with one attached hydrogen (secondary N) is 1. The van der Waals surface area contributed by atoms with E-state index in [4.69, 9.17) is 6.42 Å². The summed E-state index contributed by atoms with van der Waals surface area (Å²) in [5, 5.41) is 11.4. The lowest BCUT2D eigenvalue weighted by atomic mass is 10.00. The van der Waals surface area contributed by atoms with Gasteiger partial charge in [-0.3, -0.25) is 4.79 Å². The van der Waals surface area contributed by atoms with Crippen LogP contribution >= 0.6 is 0 Å². The number of hydrogen-bond donors (Lipinski definition) is 2. The number of terminal acetylenes is 1. The van der Waals surface area contributed by atoms with Gasteiger partial charge in [-0.25, -0.2) is 4.48 Å². The van der Waals surface area contributed by atoms with Crippen LogP contribution in [0, 0.1) is 12.3 Å². The maximum Gasteiger partial charge on any atom is 0.515 e. The van der Waals surface area contributed by atoms with Crippen LogP contribution in [0.25, 0.3) is 0 Å². The predicted molar refractivity (Wildman–Crippen MR) is 68.1 cm³/mol. The average Bonchev–Trinajstić information content (AvgIpc) is 2.66. The van der Waals surface area contributed by atoms with Crippen molar-refractivity contribution in [1.82, 2.24) is 5.32 Å². The molecule has 0 aliphatic carbocycles. The first-order valence-electron chi connectivity index (χ1n) is 6.31. The summed E-state index contributed by atoms with van der Waals surface area (Å²) in [5.41, 5.74) is -0.819. The average molecular weight is 307 g/mol.